The van der Waals surface area contributed by atoms with Gasteiger partial charge < -0.3 is 9.84 Å². The summed E-state index contributed by atoms with van der Waals surface area (Å²) in [6.45, 7) is 2.51. The molecule has 0 saturated carbocycles. The summed E-state index contributed by atoms with van der Waals surface area (Å²) in [5.74, 6) is 0.716. The predicted molar refractivity (Wildman–Crippen MR) is 83.4 cm³/mol. The van der Waals surface area contributed by atoms with Gasteiger partial charge in [-0.15, -0.1) is 0 Å². The number of ether oxygens (including phenoxy) is 1. The fourth-order valence-electron chi connectivity index (χ4n) is 2.43. The highest BCUT2D eigenvalue weighted by atomic mass is 16.5. The molecule has 21 heavy (non-hydrogen) atoms. The molecular formula is C18H17NO2. The zero-order valence-electron chi connectivity index (χ0n) is 11.9. The zero-order chi connectivity index (χ0) is 14.7. The van der Waals surface area contributed by atoms with E-state index >= 15 is 0 Å². The van der Waals surface area contributed by atoms with Crippen LogP contribution in [0.2, 0.25) is 0 Å². The van der Waals surface area contributed by atoms with E-state index in [9.17, 15) is 5.11 Å². The monoisotopic (exact) mass is 279 g/mol. The molecule has 3 heteroatoms. The molecule has 0 aliphatic carbocycles. The quantitative estimate of drug-likeness (QED) is 0.791. The molecule has 3 rings (SSSR count). The Kier molecular flexibility index (Phi) is 3.84. The summed E-state index contributed by atoms with van der Waals surface area (Å²) >= 11 is 0. The van der Waals surface area contributed by atoms with Crippen LogP contribution in [0.5, 0.6) is 5.75 Å². The Bertz CT molecular complexity index is 755. The molecule has 1 heterocycles. The van der Waals surface area contributed by atoms with Crippen LogP contribution in [0.4, 0.5) is 0 Å². The molecule has 1 unspecified atom stereocenters. The second kappa shape index (κ2) is 5.94. The van der Waals surface area contributed by atoms with Crippen molar-refractivity contribution in [2.24, 2.45) is 0 Å². The first-order chi connectivity index (χ1) is 10.3. The number of aliphatic hydroxyl groups is 1. The number of nitrogens with zero attached hydrogens (tertiary/aromatic N) is 1. The van der Waals surface area contributed by atoms with Gasteiger partial charge in [0.2, 0.25) is 0 Å². The van der Waals surface area contributed by atoms with Gasteiger partial charge in [0.05, 0.1) is 12.1 Å². The maximum atomic E-state index is 10.7. The standard InChI is InChI=1S/C18H17NO2/c1-2-21-17-8-4-3-7-15(17)18(20)14-10-9-13-6-5-11-19-16(13)12-14/h3-12,18,20H,2H2,1H3. The first-order valence-electron chi connectivity index (χ1n) is 7.04. The van der Waals surface area contributed by atoms with Gasteiger partial charge in [-0.25, -0.2) is 0 Å². The highest BCUT2D eigenvalue weighted by Gasteiger charge is 2.15. The van der Waals surface area contributed by atoms with Crippen LogP contribution in [-0.2, 0) is 0 Å². The molecule has 1 atom stereocenters. The van der Waals surface area contributed by atoms with Crippen LogP contribution in [0, 0.1) is 0 Å². The second-order valence-electron chi connectivity index (χ2n) is 4.83. The zero-order valence-corrected chi connectivity index (χ0v) is 11.9. The average molecular weight is 279 g/mol. The first-order valence-corrected chi connectivity index (χ1v) is 7.04. The summed E-state index contributed by atoms with van der Waals surface area (Å²) < 4.78 is 5.59. The van der Waals surface area contributed by atoms with Gasteiger partial charge in [-0.05, 0) is 30.7 Å². The number of hydrogen-bond donors (Lipinski definition) is 1. The number of aromatic nitrogens is 1. The van der Waals surface area contributed by atoms with Crippen LogP contribution in [-0.4, -0.2) is 16.7 Å². The minimum Gasteiger partial charge on any atom is -0.493 e. The van der Waals surface area contributed by atoms with Crippen LogP contribution in [0.25, 0.3) is 10.9 Å². The molecule has 0 amide bonds. The highest BCUT2D eigenvalue weighted by Crippen LogP contribution is 2.31. The van der Waals surface area contributed by atoms with Crippen molar-refractivity contribution in [1.29, 1.82) is 0 Å². The molecule has 0 spiro atoms. The SMILES string of the molecule is CCOc1ccccc1C(O)c1ccc2cccnc2c1. The maximum Gasteiger partial charge on any atom is 0.125 e. The first kappa shape index (κ1) is 13.6. The van der Waals surface area contributed by atoms with Crippen LogP contribution in [0.3, 0.4) is 0 Å². The maximum absolute atomic E-state index is 10.7. The molecular weight excluding hydrogens is 262 g/mol. The molecule has 1 N–H and O–H groups in total. The highest BCUT2D eigenvalue weighted by molar-refractivity contribution is 5.79. The van der Waals surface area contributed by atoms with Crippen molar-refractivity contribution in [2.45, 2.75) is 13.0 Å². The molecule has 0 aliphatic heterocycles. The largest absolute Gasteiger partial charge is 0.493 e. The van der Waals surface area contributed by atoms with E-state index in [0.29, 0.717) is 12.4 Å². The normalized spacial score (nSPS) is 12.3. The number of aliphatic hydroxyl groups excluding tert-OH is 1. The number of hydrogen-bond acceptors (Lipinski definition) is 3. The Balaban J connectivity index is 2.02. The van der Waals surface area contributed by atoms with Gasteiger partial charge in [0.25, 0.3) is 0 Å². The van der Waals surface area contributed by atoms with E-state index in [1.165, 1.54) is 0 Å². The van der Waals surface area contributed by atoms with Gasteiger partial charge in [-0.1, -0.05) is 36.4 Å². The molecule has 0 fully saturated rings. The van der Waals surface area contributed by atoms with Gasteiger partial charge in [-0.2, -0.15) is 0 Å². The van der Waals surface area contributed by atoms with E-state index in [1.54, 1.807) is 6.20 Å². The van der Waals surface area contributed by atoms with E-state index in [0.717, 1.165) is 22.0 Å². The van der Waals surface area contributed by atoms with E-state index in [-0.39, 0.29) is 0 Å². The molecule has 0 bridgehead atoms. The van der Waals surface area contributed by atoms with Crippen LogP contribution < -0.4 is 4.74 Å². The van der Waals surface area contributed by atoms with E-state index < -0.39 is 6.10 Å². The molecule has 0 radical (unpaired) electrons. The molecule has 106 valence electrons. The van der Waals surface area contributed by atoms with E-state index in [4.69, 9.17) is 4.74 Å². The summed E-state index contributed by atoms with van der Waals surface area (Å²) in [7, 11) is 0. The summed E-state index contributed by atoms with van der Waals surface area (Å²) in [4.78, 5) is 4.33. The summed E-state index contributed by atoms with van der Waals surface area (Å²) in [5, 5.41) is 11.7. The number of pyridine rings is 1. The minimum atomic E-state index is -0.723. The van der Waals surface area contributed by atoms with Crippen molar-refractivity contribution in [2.75, 3.05) is 6.61 Å². The summed E-state index contributed by atoms with van der Waals surface area (Å²) in [6.07, 6.45) is 1.03. The summed E-state index contributed by atoms with van der Waals surface area (Å²) in [5.41, 5.74) is 2.46. The minimum absolute atomic E-state index is 0.572. The van der Waals surface area contributed by atoms with Crippen molar-refractivity contribution in [3.63, 3.8) is 0 Å². The number of benzene rings is 2. The van der Waals surface area contributed by atoms with Crippen molar-refractivity contribution in [3.05, 3.63) is 71.9 Å². The molecule has 0 aliphatic rings. The average Bonchev–Trinajstić information content (AvgIpc) is 2.54. The third kappa shape index (κ3) is 2.73. The van der Waals surface area contributed by atoms with Gasteiger partial charge in [0, 0.05) is 17.1 Å². The van der Waals surface area contributed by atoms with E-state index in [2.05, 4.69) is 4.98 Å². The van der Waals surface area contributed by atoms with Crippen LogP contribution in [0.1, 0.15) is 24.2 Å². The van der Waals surface area contributed by atoms with Crippen LogP contribution in [0.15, 0.2) is 60.8 Å². The third-order valence-corrected chi connectivity index (χ3v) is 3.46. The Labute approximate surface area is 123 Å². The lowest BCUT2D eigenvalue weighted by molar-refractivity contribution is 0.212. The Morgan fingerprint density at radius 2 is 1.95 bits per heavy atom. The van der Waals surface area contributed by atoms with Gasteiger partial charge >= 0.3 is 0 Å². The fourth-order valence-corrected chi connectivity index (χ4v) is 2.43. The van der Waals surface area contributed by atoms with Gasteiger partial charge in [0.15, 0.2) is 0 Å². The van der Waals surface area contributed by atoms with Crippen molar-refractivity contribution >= 4 is 10.9 Å². The lowest BCUT2D eigenvalue weighted by Gasteiger charge is -2.16. The molecule has 3 nitrogen and oxygen atoms in total. The molecule has 3 aromatic rings. The summed E-state index contributed by atoms with van der Waals surface area (Å²) in [6, 6.07) is 17.3. The molecule has 0 saturated heterocycles. The number of para-hydroxylation sites is 1. The predicted octanol–water partition coefficient (Wildman–Crippen LogP) is 3.72. The van der Waals surface area contributed by atoms with Gasteiger partial charge in [0.1, 0.15) is 11.9 Å². The van der Waals surface area contributed by atoms with Crippen molar-refractivity contribution in [1.82, 2.24) is 4.98 Å². The Hall–Kier alpha value is -2.39. The fraction of sp³-hybridized carbons (Fsp3) is 0.167. The van der Waals surface area contributed by atoms with Crippen LogP contribution >= 0.6 is 0 Å². The third-order valence-electron chi connectivity index (χ3n) is 3.46. The molecule has 2 aromatic carbocycles. The van der Waals surface area contributed by atoms with E-state index in [1.807, 2.05) is 61.5 Å². The number of rotatable bonds is 4. The lowest BCUT2D eigenvalue weighted by Crippen LogP contribution is -2.04. The lowest BCUT2D eigenvalue weighted by atomic mass is 9.99. The second-order valence-corrected chi connectivity index (χ2v) is 4.83. The smallest absolute Gasteiger partial charge is 0.125 e. The van der Waals surface area contributed by atoms with Crippen molar-refractivity contribution in [3.8, 4) is 5.75 Å². The molecule has 1 aromatic heterocycles. The Morgan fingerprint density at radius 1 is 1.10 bits per heavy atom. The van der Waals surface area contributed by atoms with Crippen molar-refractivity contribution < 1.29 is 9.84 Å². The topological polar surface area (TPSA) is 42.4 Å². The number of fused-ring (bicyclic) bond motifs is 1. The van der Waals surface area contributed by atoms with Gasteiger partial charge in [-0.3, -0.25) is 4.98 Å². The Morgan fingerprint density at radius 3 is 2.81 bits per heavy atom.